The van der Waals surface area contributed by atoms with E-state index in [-0.39, 0.29) is 17.4 Å². The summed E-state index contributed by atoms with van der Waals surface area (Å²) in [5.74, 6) is 0.273. The molecule has 1 N–H and O–H groups in total. The standard InChI is InChI=1S/C26H27BrN2O4S/c1-18-9-11-22(12-10-18)34(30,31)29-17-23(19-7-5-4-6-8-19)21(16-28)13-20-14-25(32-2)26(33-3)15-24(20)27/h4-12,14-15,21,23,29H,13,17H2,1-3H3. The molecule has 0 aromatic heterocycles. The second-order valence-corrected chi connectivity index (χ2v) is 10.5. The fraction of sp³-hybridized carbons (Fsp3) is 0.269. The third-order valence-corrected chi connectivity index (χ3v) is 7.87. The predicted molar refractivity (Wildman–Crippen MR) is 136 cm³/mol. The number of nitrogens with one attached hydrogen (secondary N) is 1. The Labute approximate surface area is 209 Å². The first kappa shape index (κ1) is 25.8. The molecule has 0 aliphatic carbocycles. The van der Waals surface area contributed by atoms with E-state index in [0.717, 1.165) is 21.2 Å². The molecule has 0 fully saturated rings. The van der Waals surface area contributed by atoms with Gasteiger partial charge in [-0.3, -0.25) is 0 Å². The summed E-state index contributed by atoms with van der Waals surface area (Å²) in [6.07, 6.45) is 0.392. The highest BCUT2D eigenvalue weighted by molar-refractivity contribution is 9.10. The summed E-state index contributed by atoms with van der Waals surface area (Å²) < 4.78 is 40.1. The summed E-state index contributed by atoms with van der Waals surface area (Å²) in [6.45, 7) is 1.99. The number of nitrogens with zero attached hydrogens (tertiary/aromatic N) is 1. The molecule has 0 amide bonds. The van der Waals surface area contributed by atoms with Gasteiger partial charge in [0.2, 0.25) is 10.0 Å². The highest BCUT2D eigenvalue weighted by Crippen LogP contribution is 2.36. The van der Waals surface area contributed by atoms with Crippen molar-refractivity contribution in [3.63, 3.8) is 0 Å². The van der Waals surface area contributed by atoms with Crippen LogP contribution >= 0.6 is 15.9 Å². The molecule has 2 unspecified atom stereocenters. The summed E-state index contributed by atoms with van der Waals surface area (Å²) >= 11 is 3.57. The average molecular weight is 543 g/mol. The van der Waals surface area contributed by atoms with E-state index >= 15 is 0 Å². The number of sulfonamides is 1. The molecule has 0 saturated heterocycles. The Balaban J connectivity index is 1.91. The zero-order valence-corrected chi connectivity index (χ0v) is 21.7. The molecule has 0 spiro atoms. The highest BCUT2D eigenvalue weighted by Gasteiger charge is 2.27. The van der Waals surface area contributed by atoms with Crippen LogP contribution in [0.3, 0.4) is 0 Å². The summed E-state index contributed by atoms with van der Waals surface area (Å²) in [7, 11) is -0.605. The van der Waals surface area contributed by atoms with Gasteiger partial charge in [0, 0.05) is 16.9 Å². The topological polar surface area (TPSA) is 88.4 Å². The van der Waals surface area contributed by atoms with Crippen LogP contribution in [0.2, 0.25) is 0 Å². The van der Waals surface area contributed by atoms with E-state index in [4.69, 9.17) is 9.47 Å². The SMILES string of the molecule is COc1cc(Br)c(CC(C#N)C(CNS(=O)(=O)c2ccc(C)cc2)c2ccccc2)cc1OC. The Morgan fingerprint density at radius 2 is 1.62 bits per heavy atom. The molecule has 0 saturated carbocycles. The molecule has 3 rings (SSSR count). The molecule has 2 atom stereocenters. The van der Waals surface area contributed by atoms with Crippen LogP contribution in [0, 0.1) is 24.2 Å². The lowest BCUT2D eigenvalue weighted by atomic mass is 9.83. The second-order valence-electron chi connectivity index (χ2n) is 7.92. The van der Waals surface area contributed by atoms with Crippen LogP contribution in [0.15, 0.2) is 76.1 Å². The van der Waals surface area contributed by atoms with E-state index in [1.54, 1.807) is 44.6 Å². The maximum atomic E-state index is 12.9. The largest absolute Gasteiger partial charge is 0.493 e. The molecule has 0 radical (unpaired) electrons. The van der Waals surface area contributed by atoms with Gasteiger partial charge in [-0.25, -0.2) is 13.1 Å². The number of nitriles is 1. The summed E-state index contributed by atoms with van der Waals surface area (Å²) in [5.41, 5.74) is 2.73. The van der Waals surface area contributed by atoms with Gasteiger partial charge in [-0.1, -0.05) is 64.0 Å². The van der Waals surface area contributed by atoms with Crippen molar-refractivity contribution in [3.8, 4) is 17.6 Å². The van der Waals surface area contributed by atoms with Crippen LogP contribution in [0.4, 0.5) is 0 Å². The Morgan fingerprint density at radius 3 is 2.21 bits per heavy atom. The van der Waals surface area contributed by atoms with Gasteiger partial charge in [-0.15, -0.1) is 0 Å². The molecule has 0 bridgehead atoms. The highest BCUT2D eigenvalue weighted by atomic mass is 79.9. The summed E-state index contributed by atoms with van der Waals surface area (Å²) in [6, 6.07) is 22.2. The number of halogens is 1. The Morgan fingerprint density at radius 1 is 1.00 bits per heavy atom. The van der Waals surface area contributed by atoms with E-state index in [0.29, 0.717) is 17.9 Å². The molecule has 3 aromatic carbocycles. The van der Waals surface area contributed by atoms with Crippen LogP contribution in [0.25, 0.3) is 0 Å². The van der Waals surface area contributed by atoms with Crippen molar-refractivity contribution in [3.05, 3.63) is 87.9 Å². The predicted octanol–water partition coefficient (Wildman–Crippen LogP) is 5.22. The van der Waals surface area contributed by atoms with Gasteiger partial charge in [0.05, 0.1) is 31.1 Å². The van der Waals surface area contributed by atoms with E-state index in [9.17, 15) is 13.7 Å². The number of hydrogen-bond acceptors (Lipinski definition) is 5. The summed E-state index contributed by atoms with van der Waals surface area (Å²) in [5, 5.41) is 10.1. The number of aryl methyl sites for hydroxylation is 1. The van der Waals surface area contributed by atoms with Crippen LogP contribution in [0.1, 0.15) is 22.6 Å². The molecular formula is C26H27BrN2O4S. The Bertz CT molecular complexity index is 1260. The smallest absolute Gasteiger partial charge is 0.240 e. The van der Waals surface area contributed by atoms with Crippen LogP contribution < -0.4 is 14.2 Å². The van der Waals surface area contributed by atoms with Gasteiger partial charge >= 0.3 is 0 Å². The quantitative estimate of drug-likeness (QED) is 0.379. The minimum Gasteiger partial charge on any atom is -0.493 e. The lowest BCUT2D eigenvalue weighted by molar-refractivity contribution is 0.354. The lowest BCUT2D eigenvalue weighted by Crippen LogP contribution is -2.32. The van der Waals surface area contributed by atoms with Crippen molar-refractivity contribution in [1.29, 1.82) is 5.26 Å². The molecule has 8 heteroatoms. The molecule has 0 aliphatic heterocycles. The fourth-order valence-corrected chi connectivity index (χ4v) is 5.30. The van der Waals surface area contributed by atoms with E-state index in [2.05, 4.69) is 26.7 Å². The molecule has 178 valence electrons. The van der Waals surface area contributed by atoms with E-state index < -0.39 is 15.9 Å². The average Bonchev–Trinajstić information content (AvgIpc) is 2.84. The number of rotatable bonds is 10. The maximum Gasteiger partial charge on any atom is 0.240 e. The fourth-order valence-electron chi connectivity index (χ4n) is 3.76. The lowest BCUT2D eigenvalue weighted by Gasteiger charge is -2.24. The molecule has 6 nitrogen and oxygen atoms in total. The Hall–Kier alpha value is -2.86. The van der Waals surface area contributed by atoms with Gasteiger partial charge in [-0.2, -0.15) is 5.26 Å². The first-order chi connectivity index (χ1) is 16.3. The zero-order valence-electron chi connectivity index (χ0n) is 19.3. The molecule has 0 heterocycles. The first-order valence-electron chi connectivity index (χ1n) is 10.7. The van der Waals surface area contributed by atoms with E-state index in [1.165, 1.54) is 0 Å². The number of benzene rings is 3. The third kappa shape index (κ3) is 6.17. The van der Waals surface area contributed by atoms with Gasteiger partial charge in [0.1, 0.15) is 0 Å². The van der Waals surface area contributed by atoms with Crippen molar-refractivity contribution in [2.24, 2.45) is 5.92 Å². The molecule has 34 heavy (non-hydrogen) atoms. The minimum absolute atomic E-state index is 0.0867. The van der Waals surface area contributed by atoms with Crippen molar-refractivity contribution in [2.45, 2.75) is 24.2 Å². The third-order valence-electron chi connectivity index (χ3n) is 5.70. The van der Waals surface area contributed by atoms with Gasteiger partial charge in [-0.05, 0) is 48.7 Å². The number of hydrogen-bond donors (Lipinski definition) is 1. The monoisotopic (exact) mass is 542 g/mol. The summed E-state index contributed by atoms with van der Waals surface area (Å²) in [4.78, 5) is 0.195. The van der Waals surface area contributed by atoms with Gasteiger partial charge < -0.3 is 9.47 Å². The van der Waals surface area contributed by atoms with Crippen molar-refractivity contribution in [1.82, 2.24) is 4.72 Å². The minimum atomic E-state index is -3.73. The molecular weight excluding hydrogens is 516 g/mol. The van der Waals surface area contributed by atoms with Gasteiger partial charge in [0.15, 0.2) is 11.5 Å². The zero-order chi connectivity index (χ0) is 24.7. The van der Waals surface area contributed by atoms with Crippen molar-refractivity contribution >= 4 is 26.0 Å². The number of methoxy groups -OCH3 is 2. The molecule has 0 aliphatic rings. The van der Waals surface area contributed by atoms with E-state index in [1.807, 2.05) is 43.3 Å². The van der Waals surface area contributed by atoms with Crippen molar-refractivity contribution in [2.75, 3.05) is 20.8 Å². The second kappa shape index (κ2) is 11.5. The van der Waals surface area contributed by atoms with Crippen LogP contribution in [-0.4, -0.2) is 29.2 Å². The molecule has 3 aromatic rings. The van der Waals surface area contributed by atoms with Gasteiger partial charge in [0.25, 0.3) is 0 Å². The maximum absolute atomic E-state index is 12.9. The first-order valence-corrected chi connectivity index (χ1v) is 13.0. The van der Waals surface area contributed by atoms with Crippen LogP contribution in [-0.2, 0) is 16.4 Å². The van der Waals surface area contributed by atoms with Crippen LogP contribution in [0.5, 0.6) is 11.5 Å². The Kier molecular flexibility index (Phi) is 8.72. The van der Waals surface area contributed by atoms with Crippen molar-refractivity contribution < 1.29 is 17.9 Å². The normalized spacial score (nSPS) is 13.0. The number of ether oxygens (including phenoxy) is 2.